The normalized spacial score (nSPS) is 29.2. The van der Waals surface area contributed by atoms with Crippen LogP contribution in [0.25, 0.3) is 0 Å². The molecule has 4 atom stereocenters. The number of aliphatic imine (C=N–C) groups is 2. The van der Waals surface area contributed by atoms with Crippen LogP contribution in [-0.2, 0) is 18.8 Å². The maximum absolute atomic E-state index is 6.24. The molecule has 0 saturated carbocycles. The molecule has 0 aromatic carbocycles. The van der Waals surface area contributed by atoms with E-state index in [9.17, 15) is 0 Å². The van der Waals surface area contributed by atoms with Gasteiger partial charge < -0.3 is 18.8 Å². The number of methoxy groups -OCH3 is 2. The fourth-order valence-corrected chi connectivity index (χ4v) is 3.45. The molecule has 2 aliphatic heterocycles. The third-order valence-corrected chi connectivity index (χ3v) is 6.33. The van der Waals surface area contributed by atoms with E-state index >= 15 is 0 Å². The van der Waals surface area contributed by atoms with Crippen LogP contribution in [0.3, 0.4) is 0 Å². The molecule has 6 nitrogen and oxygen atoms in total. The standard InChI is InChI=1S/C20H37BN2O4/c1-12(2)16-18(25-10)22-15(17(23-16)24-9)11-13(3)14(4)21-26-19(5,6)20(7,8)27-21/h12-16H,11H2,1-10H3/t13-,14?,15-,16+/m0/s1. The van der Waals surface area contributed by atoms with E-state index in [1.54, 1.807) is 14.2 Å². The van der Waals surface area contributed by atoms with E-state index in [2.05, 4.69) is 55.4 Å². The summed E-state index contributed by atoms with van der Waals surface area (Å²) in [5.41, 5.74) is -0.636. The summed E-state index contributed by atoms with van der Waals surface area (Å²) in [5, 5.41) is 0. The second-order valence-electron chi connectivity index (χ2n) is 9.24. The minimum atomic E-state index is -0.318. The summed E-state index contributed by atoms with van der Waals surface area (Å²) in [4.78, 5) is 9.58. The van der Waals surface area contributed by atoms with Gasteiger partial charge in [-0.2, -0.15) is 0 Å². The van der Waals surface area contributed by atoms with Crippen molar-refractivity contribution < 1.29 is 18.8 Å². The summed E-state index contributed by atoms with van der Waals surface area (Å²) >= 11 is 0. The Morgan fingerprint density at radius 2 is 1.44 bits per heavy atom. The minimum absolute atomic E-state index is 0.0861. The summed E-state index contributed by atoms with van der Waals surface area (Å²) in [6.45, 7) is 16.9. The van der Waals surface area contributed by atoms with Gasteiger partial charge in [0.1, 0.15) is 12.1 Å². The van der Waals surface area contributed by atoms with Gasteiger partial charge in [0.2, 0.25) is 11.8 Å². The van der Waals surface area contributed by atoms with Gasteiger partial charge in [-0.25, -0.2) is 9.98 Å². The number of hydrogen-bond donors (Lipinski definition) is 0. The Bertz CT molecular complexity index is 573. The molecule has 0 aromatic rings. The van der Waals surface area contributed by atoms with Gasteiger partial charge in [0.25, 0.3) is 0 Å². The SMILES string of the molecule is COC1=N[C@H](C(C)C)C(OC)=N[C@H]1C[C@H](C)C(C)B1OC(C)(C)C(C)(C)O1. The highest BCUT2D eigenvalue weighted by Gasteiger charge is 2.53. The van der Waals surface area contributed by atoms with Gasteiger partial charge in [-0.15, -0.1) is 0 Å². The molecule has 2 heterocycles. The van der Waals surface area contributed by atoms with Crippen molar-refractivity contribution in [2.24, 2.45) is 21.8 Å². The van der Waals surface area contributed by atoms with Crippen molar-refractivity contribution in [3.05, 3.63) is 0 Å². The molecule has 0 amide bonds. The minimum Gasteiger partial charge on any atom is -0.483 e. The highest BCUT2D eigenvalue weighted by Crippen LogP contribution is 2.42. The number of hydrogen-bond acceptors (Lipinski definition) is 6. The van der Waals surface area contributed by atoms with Crippen molar-refractivity contribution >= 4 is 18.9 Å². The van der Waals surface area contributed by atoms with Gasteiger partial charge in [-0.1, -0.05) is 27.7 Å². The third kappa shape index (κ3) is 4.50. The largest absolute Gasteiger partial charge is 0.483 e. The monoisotopic (exact) mass is 380 g/mol. The Balaban J connectivity index is 2.11. The molecule has 0 aromatic heterocycles. The van der Waals surface area contributed by atoms with Crippen LogP contribution in [0.5, 0.6) is 0 Å². The van der Waals surface area contributed by atoms with E-state index in [1.807, 2.05) is 0 Å². The average Bonchev–Trinajstić information content (AvgIpc) is 2.81. The predicted molar refractivity (Wildman–Crippen MR) is 111 cm³/mol. The Morgan fingerprint density at radius 1 is 0.926 bits per heavy atom. The Hall–Kier alpha value is -1.08. The lowest BCUT2D eigenvalue weighted by Gasteiger charge is -2.32. The fourth-order valence-electron chi connectivity index (χ4n) is 3.45. The molecule has 0 aliphatic carbocycles. The summed E-state index contributed by atoms with van der Waals surface area (Å²) < 4.78 is 23.6. The molecular formula is C20H37BN2O4. The molecule has 1 unspecified atom stereocenters. The lowest BCUT2D eigenvalue weighted by atomic mass is 9.65. The van der Waals surface area contributed by atoms with E-state index in [-0.39, 0.29) is 36.2 Å². The van der Waals surface area contributed by atoms with Crippen molar-refractivity contribution in [2.75, 3.05) is 14.2 Å². The van der Waals surface area contributed by atoms with Gasteiger partial charge in [0.15, 0.2) is 0 Å². The van der Waals surface area contributed by atoms with E-state index in [0.29, 0.717) is 23.6 Å². The molecule has 27 heavy (non-hydrogen) atoms. The first-order valence-corrected chi connectivity index (χ1v) is 10.0. The zero-order chi connectivity index (χ0) is 20.6. The number of ether oxygens (including phenoxy) is 2. The first-order chi connectivity index (χ1) is 12.4. The number of nitrogens with zero attached hydrogens (tertiary/aromatic N) is 2. The van der Waals surface area contributed by atoms with Gasteiger partial charge >= 0.3 is 7.12 Å². The van der Waals surface area contributed by atoms with E-state index in [1.165, 1.54) is 0 Å². The maximum atomic E-state index is 6.24. The summed E-state index contributed by atoms with van der Waals surface area (Å²) in [6.07, 6.45) is 0.801. The summed E-state index contributed by atoms with van der Waals surface area (Å²) in [6, 6.07) is -0.225. The van der Waals surface area contributed by atoms with Crippen molar-refractivity contribution in [3.63, 3.8) is 0 Å². The third-order valence-electron chi connectivity index (χ3n) is 6.33. The van der Waals surface area contributed by atoms with Crippen LogP contribution >= 0.6 is 0 Å². The quantitative estimate of drug-likeness (QED) is 0.677. The van der Waals surface area contributed by atoms with Crippen LogP contribution in [0.2, 0.25) is 5.82 Å². The lowest BCUT2D eigenvalue weighted by Crippen LogP contribution is -2.41. The van der Waals surface area contributed by atoms with E-state index < -0.39 is 0 Å². The molecule has 2 aliphatic rings. The van der Waals surface area contributed by atoms with Crippen molar-refractivity contribution in [3.8, 4) is 0 Å². The van der Waals surface area contributed by atoms with Crippen molar-refractivity contribution in [2.45, 2.75) is 90.9 Å². The molecular weight excluding hydrogens is 343 g/mol. The second kappa shape index (κ2) is 8.12. The topological polar surface area (TPSA) is 61.6 Å². The highest BCUT2D eigenvalue weighted by molar-refractivity contribution is 6.47. The zero-order valence-electron chi connectivity index (χ0n) is 18.7. The fraction of sp³-hybridized carbons (Fsp3) is 0.900. The summed E-state index contributed by atoms with van der Waals surface area (Å²) in [5.74, 6) is 2.19. The van der Waals surface area contributed by atoms with Crippen LogP contribution < -0.4 is 0 Å². The number of rotatable bonds is 5. The van der Waals surface area contributed by atoms with Gasteiger partial charge in [0, 0.05) is 0 Å². The zero-order valence-corrected chi connectivity index (χ0v) is 18.7. The molecule has 0 radical (unpaired) electrons. The van der Waals surface area contributed by atoms with Gasteiger partial charge in [-0.3, -0.25) is 0 Å². The Kier molecular flexibility index (Phi) is 6.68. The molecule has 2 rings (SSSR count). The van der Waals surface area contributed by atoms with Crippen LogP contribution in [0.4, 0.5) is 0 Å². The Labute approximate surface area is 165 Å². The maximum Gasteiger partial charge on any atom is 0.461 e. The second-order valence-corrected chi connectivity index (χ2v) is 9.24. The van der Waals surface area contributed by atoms with Gasteiger partial charge in [0.05, 0.1) is 25.4 Å². The molecule has 7 heteroatoms. The van der Waals surface area contributed by atoms with E-state index in [0.717, 1.165) is 6.42 Å². The average molecular weight is 380 g/mol. The Morgan fingerprint density at radius 3 is 1.89 bits per heavy atom. The van der Waals surface area contributed by atoms with Crippen LogP contribution in [0, 0.1) is 11.8 Å². The molecule has 154 valence electrons. The first kappa shape index (κ1) is 22.2. The lowest BCUT2D eigenvalue weighted by molar-refractivity contribution is 0.00578. The molecule has 0 bridgehead atoms. The molecule has 1 fully saturated rings. The van der Waals surface area contributed by atoms with Crippen LogP contribution in [0.1, 0.15) is 61.8 Å². The molecule has 1 saturated heterocycles. The first-order valence-electron chi connectivity index (χ1n) is 10.0. The van der Waals surface area contributed by atoms with Crippen LogP contribution in [0.15, 0.2) is 9.98 Å². The predicted octanol–water partition coefficient (Wildman–Crippen LogP) is 3.99. The molecule has 0 N–H and O–H groups in total. The van der Waals surface area contributed by atoms with Gasteiger partial charge in [-0.05, 0) is 51.8 Å². The van der Waals surface area contributed by atoms with Crippen molar-refractivity contribution in [1.29, 1.82) is 0 Å². The van der Waals surface area contributed by atoms with E-state index in [4.69, 9.17) is 28.8 Å². The van der Waals surface area contributed by atoms with Crippen LogP contribution in [-0.4, -0.2) is 56.4 Å². The highest BCUT2D eigenvalue weighted by atomic mass is 16.7. The summed E-state index contributed by atoms with van der Waals surface area (Å²) in [7, 11) is 3.10. The van der Waals surface area contributed by atoms with Crippen molar-refractivity contribution in [1.82, 2.24) is 0 Å². The molecule has 0 spiro atoms. The smallest absolute Gasteiger partial charge is 0.461 e.